The highest BCUT2D eigenvalue weighted by Gasteiger charge is 2.29. The molecule has 1 aliphatic rings. The Bertz CT molecular complexity index is 119. The van der Waals surface area contributed by atoms with Gasteiger partial charge in [0.1, 0.15) is 0 Å². The van der Waals surface area contributed by atoms with Crippen LogP contribution in [0.4, 0.5) is 0 Å². The van der Waals surface area contributed by atoms with Crippen molar-refractivity contribution < 1.29 is 0 Å². The second-order valence-electron chi connectivity index (χ2n) is 4.85. The SMILES string of the molecule is CCN(CC(C)(C)C)C1CC1. The monoisotopic (exact) mass is 155 g/mol. The molecule has 0 saturated heterocycles. The fourth-order valence-electron chi connectivity index (χ4n) is 1.55. The molecule has 0 heterocycles. The molecule has 0 aromatic carbocycles. The van der Waals surface area contributed by atoms with Crippen LogP contribution in [0, 0.1) is 5.41 Å². The van der Waals surface area contributed by atoms with E-state index in [0.29, 0.717) is 5.41 Å². The summed E-state index contributed by atoms with van der Waals surface area (Å²) in [7, 11) is 0. The van der Waals surface area contributed by atoms with Crippen LogP contribution in [0.15, 0.2) is 0 Å². The van der Waals surface area contributed by atoms with Gasteiger partial charge in [0.2, 0.25) is 0 Å². The maximum atomic E-state index is 2.61. The minimum absolute atomic E-state index is 0.471. The molecule has 0 spiro atoms. The first kappa shape index (κ1) is 9.05. The standard InChI is InChI=1S/C10H21N/c1-5-11(9-6-7-9)8-10(2,3)4/h9H,5-8H2,1-4H3. The lowest BCUT2D eigenvalue weighted by molar-refractivity contribution is 0.191. The van der Waals surface area contributed by atoms with E-state index in [2.05, 4.69) is 32.6 Å². The second kappa shape index (κ2) is 3.14. The summed E-state index contributed by atoms with van der Waals surface area (Å²) in [6.07, 6.45) is 2.87. The number of hydrogen-bond acceptors (Lipinski definition) is 1. The van der Waals surface area contributed by atoms with E-state index in [1.54, 1.807) is 0 Å². The Morgan fingerprint density at radius 3 is 2.09 bits per heavy atom. The predicted octanol–water partition coefficient (Wildman–Crippen LogP) is 2.52. The molecule has 0 amide bonds. The molecule has 0 radical (unpaired) electrons. The molecular formula is C10H21N. The van der Waals surface area contributed by atoms with Crippen molar-refractivity contribution in [2.24, 2.45) is 5.41 Å². The Morgan fingerprint density at radius 1 is 1.27 bits per heavy atom. The third-order valence-corrected chi connectivity index (χ3v) is 2.15. The van der Waals surface area contributed by atoms with E-state index in [4.69, 9.17) is 0 Å². The number of nitrogens with zero attached hydrogens (tertiary/aromatic N) is 1. The van der Waals surface area contributed by atoms with Crippen LogP contribution < -0.4 is 0 Å². The van der Waals surface area contributed by atoms with Crippen LogP contribution in [-0.4, -0.2) is 24.0 Å². The van der Waals surface area contributed by atoms with Crippen LogP contribution >= 0.6 is 0 Å². The molecule has 1 heteroatoms. The zero-order valence-electron chi connectivity index (χ0n) is 8.35. The lowest BCUT2D eigenvalue weighted by Gasteiger charge is -2.28. The van der Waals surface area contributed by atoms with Gasteiger partial charge in [-0.1, -0.05) is 27.7 Å². The summed E-state index contributed by atoms with van der Waals surface area (Å²) in [4.78, 5) is 2.61. The molecule has 1 aliphatic carbocycles. The van der Waals surface area contributed by atoms with Crippen LogP contribution in [0.5, 0.6) is 0 Å². The van der Waals surface area contributed by atoms with Gasteiger partial charge in [0.05, 0.1) is 0 Å². The van der Waals surface area contributed by atoms with Gasteiger partial charge >= 0.3 is 0 Å². The van der Waals surface area contributed by atoms with Gasteiger partial charge in [-0.3, -0.25) is 0 Å². The molecule has 11 heavy (non-hydrogen) atoms. The van der Waals surface area contributed by atoms with E-state index in [1.807, 2.05) is 0 Å². The van der Waals surface area contributed by atoms with Crippen molar-refractivity contribution in [3.8, 4) is 0 Å². The Hall–Kier alpha value is -0.0400. The van der Waals surface area contributed by atoms with Gasteiger partial charge in [-0.05, 0) is 24.8 Å². The van der Waals surface area contributed by atoms with Gasteiger partial charge in [-0.25, -0.2) is 0 Å². The van der Waals surface area contributed by atoms with Crippen molar-refractivity contribution in [2.45, 2.75) is 46.6 Å². The highest BCUT2D eigenvalue weighted by Crippen LogP contribution is 2.29. The number of hydrogen-bond donors (Lipinski definition) is 0. The van der Waals surface area contributed by atoms with Crippen molar-refractivity contribution in [3.05, 3.63) is 0 Å². The molecule has 0 bridgehead atoms. The molecule has 1 nitrogen and oxygen atoms in total. The number of rotatable bonds is 3. The molecule has 0 atom stereocenters. The first-order valence-corrected chi connectivity index (χ1v) is 4.77. The molecular weight excluding hydrogens is 134 g/mol. The smallest absolute Gasteiger partial charge is 0.00965 e. The van der Waals surface area contributed by atoms with Gasteiger partial charge in [0, 0.05) is 12.6 Å². The molecule has 0 aliphatic heterocycles. The summed E-state index contributed by atoms with van der Waals surface area (Å²) < 4.78 is 0. The Kier molecular flexibility index (Phi) is 2.58. The maximum Gasteiger partial charge on any atom is 0.00965 e. The predicted molar refractivity (Wildman–Crippen MR) is 49.7 cm³/mol. The molecule has 0 aromatic heterocycles. The summed E-state index contributed by atoms with van der Waals surface area (Å²) in [5, 5.41) is 0. The summed E-state index contributed by atoms with van der Waals surface area (Å²) in [5.41, 5.74) is 0.471. The van der Waals surface area contributed by atoms with Crippen molar-refractivity contribution in [2.75, 3.05) is 13.1 Å². The van der Waals surface area contributed by atoms with E-state index >= 15 is 0 Å². The fourth-order valence-corrected chi connectivity index (χ4v) is 1.55. The highest BCUT2D eigenvalue weighted by molar-refractivity contribution is 4.85. The average molecular weight is 155 g/mol. The van der Waals surface area contributed by atoms with Crippen LogP contribution in [0.1, 0.15) is 40.5 Å². The van der Waals surface area contributed by atoms with E-state index in [-0.39, 0.29) is 0 Å². The molecule has 0 N–H and O–H groups in total. The van der Waals surface area contributed by atoms with E-state index < -0.39 is 0 Å². The Labute approximate surface area is 70.8 Å². The van der Waals surface area contributed by atoms with E-state index in [9.17, 15) is 0 Å². The largest absolute Gasteiger partial charge is 0.300 e. The van der Waals surface area contributed by atoms with Crippen molar-refractivity contribution in [1.29, 1.82) is 0 Å². The molecule has 1 fully saturated rings. The third kappa shape index (κ3) is 3.24. The summed E-state index contributed by atoms with van der Waals surface area (Å²) in [6.45, 7) is 11.7. The zero-order valence-corrected chi connectivity index (χ0v) is 8.35. The third-order valence-electron chi connectivity index (χ3n) is 2.15. The summed E-state index contributed by atoms with van der Waals surface area (Å²) in [5.74, 6) is 0. The first-order valence-electron chi connectivity index (χ1n) is 4.77. The van der Waals surface area contributed by atoms with Crippen LogP contribution in [0.2, 0.25) is 0 Å². The minimum atomic E-state index is 0.471. The maximum absolute atomic E-state index is 2.61. The van der Waals surface area contributed by atoms with Gasteiger partial charge in [0.15, 0.2) is 0 Å². The quantitative estimate of drug-likeness (QED) is 0.605. The van der Waals surface area contributed by atoms with Crippen molar-refractivity contribution in [3.63, 3.8) is 0 Å². The van der Waals surface area contributed by atoms with Gasteiger partial charge in [-0.2, -0.15) is 0 Å². The van der Waals surface area contributed by atoms with Crippen LogP contribution in [0.25, 0.3) is 0 Å². The molecule has 1 rings (SSSR count). The van der Waals surface area contributed by atoms with Gasteiger partial charge < -0.3 is 4.90 Å². The first-order chi connectivity index (χ1) is 5.03. The highest BCUT2D eigenvalue weighted by atomic mass is 15.2. The average Bonchev–Trinajstić information content (AvgIpc) is 2.61. The van der Waals surface area contributed by atoms with Crippen LogP contribution in [-0.2, 0) is 0 Å². The van der Waals surface area contributed by atoms with Gasteiger partial charge in [0.25, 0.3) is 0 Å². The molecule has 1 saturated carbocycles. The van der Waals surface area contributed by atoms with Crippen molar-refractivity contribution >= 4 is 0 Å². The summed E-state index contributed by atoms with van der Waals surface area (Å²) >= 11 is 0. The molecule has 66 valence electrons. The Balaban J connectivity index is 2.31. The second-order valence-corrected chi connectivity index (χ2v) is 4.85. The van der Waals surface area contributed by atoms with Gasteiger partial charge in [-0.15, -0.1) is 0 Å². The lowest BCUT2D eigenvalue weighted by Crippen LogP contribution is -2.34. The lowest BCUT2D eigenvalue weighted by atomic mass is 9.96. The minimum Gasteiger partial charge on any atom is -0.300 e. The zero-order chi connectivity index (χ0) is 8.48. The summed E-state index contributed by atoms with van der Waals surface area (Å²) in [6, 6.07) is 0.930. The fraction of sp³-hybridized carbons (Fsp3) is 1.00. The Morgan fingerprint density at radius 2 is 1.82 bits per heavy atom. The molecule has 0 aromatic rings. The van der Waals surface area contributed by atoms with Crippen LogP contribution in [0.3, 0.4) is 0 Å². The normalized spacial score (nSPS) is 19.4. The molecule has 0 unspecified atom stereocenters. The topological polar surface area (TPSA) is 3.24 Å². The van der Waals surface area contributed by atoms with E-state index in [1.165, 1.54) is 25.9 Å². The van der Waals surface area contributed by atoms with Crippen molar-refractivity contribution in [1.82, 2.24) is 4.90 Å². The van der Waals surface area contributed by atoms with E-state index in [0.717, 1.165) is 6.04 Å².